The first-order valence-electron chi connectivity index (χ1n) is 30.0. The van der Waals surface area contributed by atoms with E-state index in [1.807, 2.05) is 61.9 Å². The quantitative estimate of drug-likeness (QED) is 0.0833. The van der Waals surface area contributed by atoms with Gasteiger partial charge in [-0.3, -0.25) is 35.3 Å². The maximum absolute atomic E-state index is 14.7. The number of hydrogen-bond donors (Lipinski definition) is 4. The van der Waals surface area contributed by atoms with Gasteiger partial charge in [0, 0.05) is 70.6 Å². The molecule has 0 radical (unpaired) electrons. The van der Waals surface area contributed by atoms with E-state index < -0.39 is 10.0 Å². The van der Waals surface area contributed by atoms with E-state index in [-0.39, 0.29) is 31.5 Å². The summed E-state index contributed by atoms with van der Waals surface area (Å²) in [6, 6.07) is 22.2. The number of carbonyl (C=O) groups is 3. The Kier molecular flexibility index (Phi) is 20.2. The summed E-state index contributed by atoms with van der Waals surface area (Å²) in [5.74, 6) is 1.69. The highest BCUT2D eigenvalue weighted by Gasteiger charge is 2.35. The lowest BCUT2D eigenvalue weighted by molar-refractivity contribution is 0.269. The zero-order chi connectivity index (χ0) is 67.5. The number of fused-ring (bicyclic) bond motifs is 9. The third-order valence-corrected chi connectivity index (χ3v) is 21.8. The van der Waals surface area contributed by atoms with Crippen molar-refractivity contribution in [3.05, 3.63) is 178 Å². The number of aryl methyl sites for hydroxylation is 3. The van der Waals surface area contributed by atoms with Crippen molar-refractivity contribution in [3.63, 3.8) is 0 Å². The molecule has 9 aromatic heterocycles. The zero-order valence-electron chi connectivity index (χ0n) is 51.4. The van der Waals surface area contributed by atoms with E-state index in [9.17, 15) is 27.2 Å². The number of pyridine rings is 1. The van der Waals surface area contributed by atoms with Crippen LogP contribution in [0.15, 0.2) is 134 Å². The van der Waals surface area contributed by atoms with E-state index in [0.29, 0.717) is 74.7 Å². The number of amides is 3. The van der Waals surface area contributed by atoms with Crippen molar-refractivity contribution in [2.24, 2.45) is 5.14 Å². The Morgan fingerprint density at radius 1 is 0.515 bits per heavy atom. The number of anilines is 3. The number of benzene rings is 3. The molecule has 3 aliphatic rings. The standard InChI is InChI=1S/C22H19ClN6O3S3.C21H17ClN6OS2.C21H17FN6OS2/c1-2-33-22(30)27-21-26-16-7-6-14-18(12-4-3-9-25-11-12)28-29(19(14)20(16)34-21)17-8-5-13(10-15(17)23)35(24,31)32;2*1-2-30-21(29)26-20-25-15-8-7-13-17(12-9-23-11-24-10-12)27-28(18(13)19(15)31-20)16-6-4-3-5-14(16)22/h3-5,8-11H,2,6-7H2,1H3,(H2,24,31,32)(H,26,27,30);2*3-6,9-11H,2,7-8H2,1H3,(H,25,26,29). The van der Waals surface area contributed by atoms with Gasteiger partial charge in [-0.05, 0) is 110 Å². The predicted molar refractivity (Wildman–Crippen MR) is 384 cm³/mol. The molecule has 3 amide bonds. The summed E-state index contributed by atoms with van der Waals surface area (Å²) in [5.41, 5.74) is 14.8. The minimum absolute atomic E-state index is 0.0864. The minimum Gasteiger partial charge on any atom is -0.293 e. The lowest BCUT2D eigenvalue weighted by Crippen LogP contribution is -2.12. The van der Waals surface area contributed by atoms with Gasteiger partial charge in [0.05, 0.1) is 92.2 Å². The molecule has 0 fully saturated rings. The Morgan fingerprint density at radius 2 is 0.918 bits per heavy atom. The van der Waals surface area contributed by atoms with Gasteiger partial charge in [-0.2, -0.15) is 15.3 Å². The first-order valence-corrected chi connectivity index (χ1v) is 37.7. The van der Waals surface area contributed by atoms with E-state index in [4.69, 9.17) is 43.6 Å². The van der Waals surface area contributed by atoms with Crippen molar-refractivity contribution in [1.29, 1.82) is 0 Å². The summed E-state index contributed by atoms with van der Waals surface area (Å²) >= 11 is 20.9. The van der Waals surface area contributed by atoms with Crippen molar-refractivity contribution in [3.8, 4) is 82.5 Å². The van der Waals surface area contributed by atoms with Crippen LogP contribution in [0, 0.1) is 5.82 Å². The molecule has 23 nitrogen and oxygen atoms in total. The topological polar surface area (TPSA) is 304 Å². The molecule has 33 heteroatoms. The molecule has 0 spiro atoms. The fraction of sp³-hybridized carbons (Fsp3) is 0.188. The van der Waals surface area contributed by atoms with Gasteiger partial charge in [-0.25, -0.2) is 66.9 Å². The van der Waals surface area contributed by atoms with Crippen molar-refractivity contribution in [2.45, 2.75) is 64.2 Å². The van der Waals surface area contributed by atoms with Crippen molar-refractivity contribution >= 4 is 134 Å². The van der Waals surface area contributed by atoms with Gasteiger partial charge in [0.1, 0.15) is 24.2 Å². The Bertz CT molecular complexity index is 4890. The molecule has 15 rings (SSSR count). The number of primary sulfonamides is 1. The number of carbonyl (C=O) groups excluding carboxylic acids is 3. The number of aromatic nitrogens is 14. The summed E-state index contributed by atoms with van der Waals surface area (Å²) in [7, 11) is -3.91. The maximum Gasteiger partial charge on any atom is 0.285 e. The SMILES string of the molecule is CCSC(=O)Nc1nc2c(s1)-c1c(c(-c3cccnc3)nn1-c1ccc(S(N)(=O)=O)cc1Cl)CC2.CCSC(=O)Nc1nc2c(s1)-c1c(c(-c3cncnc3)nn1-c1ccccc1Cl)CC2.CCSC(=O)Nc1nc2c(s1)-c1c(c(-c3cncnc3)nn1-c1ccccc1F)CC2. The van der Waals surface area contributed by atoms with Gasteiger partial charge in [0.25, 0.3) is 15.7 Å². The average Bonchev–Trinajstić information content (AvgIpc) is 1.61. The summed E-state index contributed by atoms with van der Waals surface area (Å²) in [6.07, 6.45) is 17.7. The maximum atomic E-state index is 14.7. The van der Waals surface area contributed by atoms with Crippen LogP contribution in [0.4, 0.5) is 34.2 Å². The van der Waals surface area contributed by atoms with E-state index >= 15 is 0 Å². The highest BCUT2D eigenvalue weighted by atomic mass is 35.5. The lowest BCUT2D eigenvalue weighted by atomic mass is 9.95. The molecule has 3 aromatic carbocycles. The van der Waals surface area contributed by atoms with Crippen LogP contribution in [0.5, 0.6) is 0 Å². The summed E-state index contributed by atoms with van der Waals surface area (Å²) in [4.78, 5) is 73.6. The Morgan fingerprint density at radius 3 is 1.32 bits per heavy atom. The molecule has 97 heavy (non-hydrogen) atoms. The minimum atomic E-state index is -3.91. The molecule has 12 aromatic rings. The zero-order valence-corrected chi connectivity index (χ0v) is 58.6. The van der Waals surface area contributed by atoms with Crippen LogP contribution in [-0.4, -0.2) is 111 Å². The van der Waals surface area contributed by atoms with E-state index in [2.05, 4.69) is 55.8 Å². The average molecular weight is 1470 g/mol. The number of thiazole rings is 3. The Labute approximate surface area is 588 Å². The first-order chi connectivity index (χ1) is 47.1. The van der Waals surface area contributed by atoms with Crippen LogP contribution in [0.25, 0.3) is 82.5 Å². The third-order valence-electron chi connectivity index (χ3n) is 15.2. The largest absolute Gasteiger partial charge is 0.293 e. The summed E-state index contributed by atoms with van der Waals surface area (Å²) in [5, 5.41) is 30.5. The second kappa shape index (κ2) is 29.2. The highest BCUT2D eigenvalue weighted by Crippen LogP contribution is 2.48. The second-order valence-electron chi connectivity index (χ2n) is 21.2. The highest BCUT2D eigenvalue weighted by molar-refractivity contribution is 8.14. The number of rotatable bonds is 13. The van der Waals surface area contributed by atoms with Crippen LogP contribution in [-0.2, 0) is 48.5 Å². The van der Waals surface area contributed by atoms with E-state index in [1.165, 1.54) is 100 Å². The van der Waals surface area contributed by atoms with Crippen LogP contribution in [0.1, 0.15) is 54.5 Å². The molecular formula is C64H53Cl2FN18O5S7. The summed E-state index contributed by atoms with van der Waals surface area (Å²) in [6.45, 7) is 5.78. The molecule has 0 saturated carbocycles. The number of thioether (sulfide) groups is 3. The van der Waals surface area contributed by atoms with E-state index in [0.717, 1.165) is 118 Å². The van der Waals surface area contributed by atoms with Crippen molar-refractivity contribution in [2.75, 3.05) is 33.2 Å². The van der Waals surface area contributed by atoms with Crippen LogP contribution in [0.2, 0.25) is 10.0 Å². The molecule has 0 atom stereocenters. The van der Waals surface area contributed by atoms with Gasteiger partial charge < -0.3 is 0 Å². The molecule has 492 valence electrons. The Hall–Kier alpha value is -8.63. The van der Waals surface area contributed by atoms with Gasteiger partial charge in [-0.1, -0.05) is 138 Å². The molecule has 9 heterocycles. The van der Waals surface area contributed by atoms with Crippen molar-refractivity contribution < 1.29 is 27.2 Å². The molecule has 0 bridgehead atoms. The number of nitrogens with two attached hydrogens (primary N) is 1. The number of nitrogens with zero attached hydrogens (tertiary/aromatic N) is 14. The molecule has 5 N–H and O–H groups in total. The van der Waals surface area contributed by atoms with Gasteiger partial charge in [0.15, 0.2) is 15.4 Å². The summed E-state index contributed by atoms with van der Waals surface area (Å²) < 4.78 is 43.6. The predicted octanol–water partition coefficient (Wildman–Crippen LogP) is 15.2. The second-order valence-corrected chi connectivity index (χ2v) is 30.3. The van der Waals surface area contributed by atoms with Gasteiger partial charge in [0.2, 0.25) is 10.0 Å². The normalized spacial score (nSPS) is 12.5. The molecule has 0 saturated heterocycles. The lowest BCUT2D eigenvalue weighted by Gasteiger charge is -2.15. The fourth-order valence-electron chi connectivity index (χ4n) is 11.2. The number of para-hydroxylation sites is 2. The third kappa shape index (κ3) is 14.1. The van der Waals surface area contributed by atoms with Crippen molar-refractivity contribution in [1.82, 2.24) is 69.2 Å². The number of nitrogens with one attached hydrogen (secondary N) is 3. The number of halogens is 3. The fourth-order valence-corrected chi connectivity index (χ4v) is 16.9. The van der Waals surface area contributed by atoms with Crippen LogP contribution in [0.3, 0.4) is 0 Å². The Balaban J connectivity index is 0.000000132. The van der Waals surface area contributed by atoms with E-state index in [1.54, 1.807) is 70.8 Å². The monoisotopic (exact) mass is 1470 g/mol. The molecule has 3 aliphatic carbocycles. The number of hydrogen-bond acceptors (Lipinski definition) is 22. The first kappa shape index (κ1) is 67.0. The molecule has 0 unspecified atom stereocenters. The molecular weight excluding hydrogens is 1420 g/mol. The van der Waals surface area contributed by atoms with Gasteiger partial charge in [-0.15, -0.1) is 0 Å². The smallest absolute Gasteiger partial charge is 0.285 e. The number of sulfonamides is 1. The molecule has 0 aliphatic heterocycles. The van der Waals surface area contributed by atoms with Gasteiger partial charge >= 0.3 is 0 Å². The van der Waals surface area contributed by atoms with Crippen LogP contribution < -0.4 is 21.1 Å². The van der Waals surface area contributed by atoms with Crippen LogP contribution >= 0.6 is 92.5 Å².